The summed E-state index contributed by atoms with van der Waals surface area (Å²) in [5.41, 5.74) is 4.95. The topological polar surface area (TPSA) is 26.0 Å². The van der Waals surface area contributed by atoms with Crippen molar-refractivity contribution in [2.45, 2.75) is 6.92 Å². The summed E-state index contributed by atoms with van der Waals surface area (Å²) in [6.07, 6.45) is 1.59. The molecule has 0 amide bonds. The van der Waals surface area contributed by atoms with Gasteiger partial charge in [-0.2, -0.15) is 0 Å². The first-order valence-corrected chi connectivity index (χ1v) is 2.69. The molecule has 3 heteroatoms. The minimum absolute atomic E-state index is 0.0444. The maximum atomic E-state index is 12.4. The van der Waals surface area contributed by atoms with E-state index in [-0.39, 0.29) is 5.70 Å². The van der Waals surface area contributed by atoms with Gasteiger partial charge in [-0.1, -0.05) is 6.58 Å². The van der Waals surface area contributed by atoms with Crippen molar-refractivity contribution in [1.82, 2.24) is 0 Å². The van der Waals surface area contributed by atoms with Gasteiger partial charge in [0.25, 0.3) is 0 Å². The quantitative estimate of drug-likeness (QED) is 0.592. The van der Waals surface area contributed by atoms with Crippen molar-refractivity contribution in [3.8, 4) is 0 Å². The van der Waals surface area contributed by atoms with Crippen molar-refractivity contribution in [3.63, 3.8) is 0 Å². The van der Waals surface area contributed by atoms with Crippen LogP contribution in [0, 0.1) is 0 Å². The maximum absolute atomic E-state index is 12.4. The summed E-state index contributed by atoms with van der Waals surface area (Å²) >= 11 is 0. The highest BCUT2D eigenvalue weighted by Gasteiger charge is 1.94. The third-order valence-electron chi connectivity index (χ3n) is 0.836. The average Bonchev–Trinajstić information content (AvgIpc) is 1.87. The van der Waals surface area contributed by atoms with Crippen LogP contribution in [0.3, 0.4) is 0 Å². The molecule has 0 unspecified atom stereocenters. The first-order chi connectivity index (χ1) is 4.57. The molecule has 2 N–H and O–H groups in total. The SMILES string of the molecule is C=C/C(F)=C\C(F)=C(\C)N. The molecule has 0 atom stereocenters. The minimum Gasteiger partial charge on any atom is -0.400 e. The van der Waals surface area contributed by atoms with Crippen molar-refractivity contribution in [2.24, 2.45) is 5.73 Å². The molecule has 0 saturated heterocycles. The van der Waals surface area contributed by atoms with Crippen molar-refractivity contribution < 1.29 is 8.78 Å². The molecule has 1 nitrogen and oxygen atoms in total. The maximum Gasteiger partial charge on any atom is 0.144 e. The lowest BCUT2D eigenvalue weighted by atomic mass is 10.3. The first-order valence-electron chi connectivity index (χ1n) is 2.69. The summed E-state index contributed by atoms with van der Waals surface area (Å²) in [6, 6.07) is 0. The number of hydrogen-bond donors (Lipinski definition) is 1. The molecule has 0 heterocycles. The lowest BCUT2D eigenvalue weighted by molar-refractivity contribution is 0.623. The number of nitrogens with two attached hydrogens (primary N) is 1. The number of allylic oxidation sites excluding steroid dienone is 5. The Morgan fingerprint density at radius 2 is 2.00 bits per heavy atom. The van der Waals surface area contributed by atoms with Crippen molar-refractivity contribution in [2.75, 3.05) is 0 Å². The van der Waals surface area contributed by atoms with Gasteiger partial charge in [0.05, 0.1) is 0 Å². The van der Waals surface area contributed by atoms with Crippen LogP contribution in [-0.4, -0.2) is 0 Å². The number of rotatable bonds is 2. The molecule has 10 heavy (non-hydrogen) atoms. The lowest BCUT2D eigenvalue weighted by Crippen LogP contribution is -1.92. The second-order valence-corrected chi connectivity index (χ2v) is 1.76. The predicted molar refractivity (Wildman–Crippen MR) is 37.4 cm³/mol. The average molecular weight is 145 g/mol. The van der Waals surface area contributed by atoms with Crippen molar-refractivity contribution in [1.29, 1.82) is 0 Å². The standard InChI is InChI=1S/C7H9F2N/c1-3-6(8)4-7(9)5(2)10/h3-4H,1,10H2,2H3/b6-4+,7-5+. The second kappa shape index (κ2) is 3.82. The lowest BCUT2D eigenvalue weighted by Gasteiger charge is -1.90. The minimum atomic E-state index is -0.766. The van der Waals surface area contributed by atoms with Crippen LogP contribution >= 0.6 is 0 Å². The van der Waals surface area contributed by atoms with Crippen LogP contribution in [0.2, 0.25) is 0 Å². The van der Waals surface area contributed by atoms with Crippen LogP contribution in [-0.2, 0) is 0 Å². The zero-order chi connectivity index (χ0) is 8.15. The first kappa shape index (κ1) is 8.88. The third kappa shape index (κ3) is 3.02. The molecule has 0 aromatic carbocycles. The molecule has 0 aliphatic carbocycles. The molecule has 0 aliphatic rings. The molecule has 0 bridgehead atoms. The summed E-state index contributed by atoms with van der Waals surface area (Å²) < 4.78 is 24.5. The Balaban J connectivity index is 4.42. The van der Waals surface area contributed by atoms with Gasteiger partial charge in [-0.15, -0.1) is 0 Å². The Bertz CT molecular complexity index is 188. The Labute approximate surface area is 58.5 Å². The van der Waals surface area contributed by atoms with Gasteiger partial charge < -0.3 is 5.73 Å². The van der Waals surface area contributed by atoms with Crippen molar-refractivity contribution >= 4 is 0 Å². The molecule has 0 radical (unpaired) electrons. The van der Waals surface area contributed by atoms with E-state index in [0.717, 1.165) is 6.08 Å². The largest absolute Gasteiger partial charge is 0.400 e. The fraction of sp³-hybridized carbons (Fsp3) is 0.143. The Hall–Kier alpha value is -1.12. The van der Waals surface area contributed by atoms with E-state index in [2.05, 4.69) is 6.58 Å². The Kier molecular flexibility index (Phi) is 3.39. The third-order valence-corrected chi connectivity index (χ3v) is 0.836. The Morgan fingerprint density at radius 3 is 2.30 bits per heavy atom. The van der Waals surface area contributed by atoms with E-state index in [1.54, 1.807) is 0 Å². The summed E-state index contributed by atoms with van der Waals surface area (Å²) in [7, 11) is 0. The van der Waals surface area contributed by atoms with Crippen LogP contribution in [0.25, 0.3) is 0 Å². The summed E-state index contributed by atoms with van der Waals surface area (Å²) in [6.45, 7) is 4.45. The van der Waals surface area contributed by atoms with E-state index in [1.807, 2.05) is 0 Å². The highest BCUT2D eigenvalue weighted by Crippen LogP contribution is 2.07. The van der Waals surface area contributed by atoms with Crippen LogP contribution in [0.4, 0.5) is 8.78 Å². The molecule has 0 aromatic heterocycles. The van der Waals surface area contributed by atoms with Crippen LogP contribution < -0.4 is 5.73 Å². The van der Waals surface area contributed by atoms with Crippen LogP contribution in [0.15, 0.2) is 36.1 Å². The monoisotopic (exact) mass is 145 g/mol. The van der Waals surface area contributed by atoms with Gasteiger partial charge in [-0.25, -0.2) is 8.78 Å². The zero-order valence-electron chi connectivity index (χ0n) is 5.70. The van der Waals surface area contributed by atoms with Gasteiger partial charge >= 0.3 is 0 Å². The fourth-order valence-electron chi connectivity index (χ4n) is 0.294. The van der Waals surface area contributed by atoms with E-state index in [0.29, 0.717) is 6.08 Å². The molecule has 0 aromatic rings. The highest BCUT2D eigenvalue weighted by atomic mass is 19.1. The number of hydrogen-bond acceptors (Lipinski definition) is 1. The molecule has 0 aliphatic heterocycles. The Morgan fingerprint density at radius 1 is 1.50 bits per heavy atom. The van der Waals surface area contributed by atoms with E-state index < -0.39 is 11.7 Å². The van der Waals surface area contributed by atoms with Gasteiger partial charge in [-0.05, 0) is 13.0 Å². The molecular weight excluding hydrogens is 136 g/mol. The van der Waals surface area contributed by atoms with E-state index in [9.17, 15) is 8.78 Å². The zero-order valence-corrected chi connectivity index (χ0v) is 5.70. The second-order valence-electron chi connectivity index (χ2n) is 1.76. The fourth-order valence-corrected chi connectivity index (χ4v) is 0.294. The molecule has 0 rings (SSSR count). The van der Waals surface area contributed by atoms with Crippen molar-refractivity contribution in [3.05, 3.63) is 36.1 Å². The van der Waals surface area contributed by atoms with Crippen LogP contribution in [0.5, 0.6) is 0 Å². The van der Waals surface area contributed by atoms with Gasteiger partial charge in [0.2, 0.25) is 0 Å². The van der Waals surface area contributed by atoms with Gasteiger partial charge in [-0.3, -0.25) is 0 Å². The summed E-state index contributed by atoms with van der Waals surface area (Å²) in [5, 5.41) is 0. The van der Waals surface area contributed by atoms with Gasteiger partial charge in [0.15, 0.2) is 0 Å². The normalized spacial score (nSPS) is 14.5. The van der Waals surface area contributed by atoms with E-state index in [1.165, 1.54) is 6.92 Å². The molecular formula is C7H9F2N. The summed E-state index contributed by atoms with van der Waals surface area (Å²) in [5.74, 6) is -1.50. The molecule has 0 saturated carbocycles. The van der Waals surface area contributed by atoms with Gasteiger partial charge in [0.1, 0.15) is 11.7 Å². The molecule has 0 spiro atoms. The number of halogens is 2. The van der Waals surface area contributed by atoms with E-state index >= 15 is 0 Å². The smallest absolute Gasteiger partial charge is 0.144 e. The van der Waals surface area contributed by atoms with E-state index in [4.69, 9.17) is 5.73 Å². The molecule has 56 valence electrons. The molecule has 0 fully saturated rings. The predicted octanol–water partition coefficient (Wildman–Crippen LogP) is 2.19. The van der Waals surface area contributed by atoms with Crippen LogP contribution in [0.1, 0.15) is 6.92 Å². The highest BCUT2D eigenvalue weighted by molar-refractivity contribution is 5.22. The van der Waals surface area contributed by atoms with Gasteiger partial charge in [0, 0.05) is 11.8 Å². The summed E-state index contributed by atoms with van der Waals surface area (Å²) in [4.78, 5) is 0.